The van der Waals surface area contributed by atoms with E-state index in [-0.39, 0.29) is 18.2 Å². The number of nitrogens with one attached hydrogen (secondary N) is 1. The highest BCUT2D eigenvalue weighted by atomic mass is 16.3. The molecule has 19 heavy (non-hydrogen) atoms. The van der Waals surface area contributed by atoms with Crippen molar-refractivity contribution in [2.75, 3.05) is 17.7 Å². The van der Waals surface area contributed by atoms with Crippen LogP contribution in [0.4, 0.5) is 11.4 Å². The van der Waals surface area contributed by atoms with E-state index in [4.69, 9.17) is 10.8 Å². The Bertz CT molecular complexity index is 575. The van der Waals surface area contributed by atoms with Gasteiger partial charge in [0.2, 0.25) is 0 Å². The summed E-state index contributed by atoms with van der Waals surface area (Å²) in [7, 11) is 1.71. The zero-order chi connectivity index (χ0) is 13.8. The molecule has 0 saturated carbocycles. The van der Waals surface area contributed by atoms with Crippen LogP contribution in [0.3, 0.4) is 0 Å². The zero-order valence-corrected chi connectivity index (χ0v) is 10.6. The molecule has 6 heteroatoms. The van der Waals surface area contributed by atoms with Crippen LogP contribution in [0.5, 0.6) is 0 Å². The summed E-state index contributed by atoms with van der Waals surface area (Å²) in [6.07, 6.45) is 2.18. The zero-order valence-electron chi connectivity index (χ0n) is 10.6. The molecule has 1 heterocycles. The first-order valence-electron chi connectivity index (χ1n) is 5.90. The maximum Gasteiger partial charge on any atom is 0.278 e. The molecule has 0 fully saturated rings. The molecule has 4 N–H and O–H groups in total. The molecule has 1 aromatic carbocycles. The topological polar surface area (TPSA) is 93.2 Å². The number of aliphatic hydroxyl groups excluding tert-OH is 1. The van der Waals surface area contributed by atoms with E-state index >= 15 is 0 Å². The molecule has 1 aromatic heterocycles. The Labute approximate surface area is 110 Å². The van der Waals surface area contributed by atoms with E-state index < -0.39 is 0 Å². The highest BCUT2D eigenvalue weighted by molar-refractivity contribution is 6.06. The number of hydrogen-bond acceptors (Lipinski definition) is 4. The van der Waals surface area contributed by atoms with Crippen LogP contribution in [0, 0.1) is 0 Å². The van der Waals surface area contributed by atoms with E-state index in [0.29, 0.717) is 17.8 Å². The second-order valence-corrected chi connectivity index (χ2v) is 4.23. The van der Waals surface area contributed by atoms with Gasteiger partial charge in [0.25, 0.3) is 5.91 Å². The molecule has 0 atom stereocenters. The van der Waals surface area contributed by atoms with Crippen LogP contribution in [0.1, 0.15) is 16.1 Å². The van der Waals surface area contributed by atoms with Crippen molar-refractivity contribution in [1.82, 2.24) is 9.78 Å². The maximum absolute atomic E-state index is 12.0. The third-order valence-corrected chi connectivity index (χ3v) is 2.68. The third kappa shape index (κ3) is 3.11. The van der Waals surface area contributed by atoms with Crippen LogP contribution < -0.4 is 11.1 Å². The predicted octanol–water partition coefficient (Wildman–Crippen LogP) is 0.789. The van der Waals surface area contributed by atoms with Gasteiger partial charge in [-0.15, -0.1) is 0 Å². The number of anilines is 2. The van der Waals surface area contributed by atoms with Crippen LogP contribution in [-0.4, -0.2) is 27.4 Å². The number of benzene rings is 1. The van der Waals surface area contributed by atoms with Crippen molar-refractivity contribution >= 4 is 17.3 Å². The summed E-state index contributed by atoms with van der Waals surface area (Å²) in [6, 6.07) is 7.27. The number of aromatic nitrogens is 2. The fraction of sp³-hybridized carbons (Fsp3) is 0.231. The van der Waals surface area contributed by atoms with Gasteiger partial charge in [0.1, 0.15) is 0 Å². The summed E-state index contributed by atoms with van der Waals surface area (Å²) in [5.74, 6) is -0.340. The van der Waals surface area contributed by atoms with E-state index in [0.717, 1.165) is 5.56 Å². The van der Waals surface area contributed by atoms with Crippen LogP contribution in [0.25, 0.3) is 0 Å². The molecule has 2 aromatic rings. The number of aliphatic hydroxyl groups is 1. The number of nitrogens with zero attached hydrogens (tertiary/aromatic N) is 2. The Hall–Kier alpha value is -2.34. The van der Waals surface area contributed by atoms with E-state index in [2.05, 4.69) is 10.4 Å². The molecule has 1 amide bonds. The first kappa shape index (κ1) is 13.1. The van der Waals surface area contributed by atoms with Gasteiger partial charge in [-0.05, 0) is 24.1 Å². The highest BCUT2D eigenvalue weighted by Gasteiger charge is 2.13. The molecule has 2 rings (SSSR count). The average Bonchev–Trinajstić information content (AvgIpc) is 2.71. The van der Waals surface area contributed by atoms with Crippen molar-refractivity contribution < 1.29 is 9.90 Å². The number of nitrogens with two attached hydrogens (primary N) is 1. The Morgan fingerprint density at radius 2 is 2.11 bits per heavy atom. The lowest BCUT2D eigenvalue weighted by Gasteiger charge is -2.05. The maximum atomic E-state index is 12.0. The molecule has 100 valence electrons. The summed E-state index contributed by atoms with van der Waals surface area (Å²) >= 11 is 0. The van der Waals surface area contributed by atoms with Crippen molar-refractivity contribution in [2.45, 2.75) is 6.42 Å². The van der Waals surface area contributed by atoms with E-state index in [1.54, 1.807) is 25.4 Å². The number of nitrogen functional groups attached to an aromatic ring is 1. The van der Waals surface area contributed by atoms with Gasteiger partial charge >= 0.3 is 0 Å². The molecule has 0 spiro atoms. The van der Waals surface area contributed by atoms with Crippen LogP contribution in [0.15, 0.2) is 30.5 Å². The minimum atomic E-state index is -0.340. The molecular weight excluding hydrogens is 244 g/mol. The van der Waals surface area contributed by atoms with Gasteiger partial charge in [0, 0.05) is 25.5 Å². The number of carbonyl (C=O) groups excluding carboxylic acids is 1. The smallest absolute Gasteiger partial charge is 0.278 e. The van der Waals surface area contributed by atoms with Crippen LogP contribution in [0.2, 0.25) is 0 Å². The van der Waals surface area contributed by atoms with E-state index in [1.807, 2.05) is 12.1 Å². The molecule has 0 bridgehead atoms. The van der Waals surface area contributed by atoms with Gasteiger partial charge in [-0.1, -0.05) is 12.1 Å². The minimum Gasteiger partial charge on any atom is -0.396 e. The van der Waals surface area contributed by atoms with Crippen LogP contribution in [-0.2, 0) is 13.5 Å². The molecule has 0 aliphatic rings. The van der Waals surface area contributed by atoms with Crippen molar-refractivity contribution in [1.29, 1.82) is 0 Å². The lowest BCUT2D eigenvalue weighted by molar-refractivity contribution is 0.102. The first-order chi connectivity index (χ1) is 9.10. The molecular formula is C13H16N4O2. The summed E-state index contributed by atoms with van der Waals surface area (Å²) in [5.41, 5.74) is 7.92. The lowest BCUT2D eigenvalue weighted by atomic mass is 10.1. The van der Waals surface area contributed by atoms with Gasteiger partial charge in [0.15, 0.2) is 5.69 Å². The number of rotatable bonds is 4. The third-order valence-electron chi connectivity index (χ3n) is 2.68. The van der Waals surface area contributed by atoms with Crippen molar-refractivity contribution in [3.63, 3.8) is 0 Å². The minimum absolute atomic E-state index is 0.107. The quantitative estimate of drug-likeness (QED) is 0.757. The molecule has 0 saturated heterocycles. The summed E-state index contributed by atoms with van der Waals surface area (Å²) in [6.45, 7) is 0.107. The molecule has 6 nitrogen and oxygen atoms in total. The number of amides is 1. The largest absolute Gasteiger partial charge is 0.396 e. The van der Waals surface area contributed by atoms with Gasteiger partial charge in [-0.2, -0.15) is 5.10 Å². The van der Waals surface area contributed by atoms with Crippen molar-refractivity contribution in [3.05, 3.63) is 41.7 Å². The molecule has 0 aliphatic heterocycles. The average molecular weight is 260 g/mol. The van der Waals surface area contributed by atoms with Gasteiger partial charge in [-0.25, -0.2) is 0 Å². The number of carbonyl (C=O) groups is 1. The van der Waals surface area contributed by atoms with E-state index in [9.17, 15) is 4.79 Å². The van der Waals surface area contributed by atoms with E-state index in [1.165, 1.54) is 4.68 Å². The number of hydrogen-bond donors (Lipinski definition) is 3. The van der Waals surface area contributed by atoms with Crippen molar-refractivity contribution in [3.8, 4) is 0 Å². The fourth-order valence-corrected chi connectivity index (χ4v) is 1.76. The lowest BCUT2D eigenvalue weighted by Crippen LogP contribution is -2.14. The second-order valence-electron chi connectivity index (χ2n) is 4.23. The van der Waals surface area contributed by atoms with Gasteiger partial charge < -0.3 is 16.2 Å². The monoisotopic (exact) mass is 260 g/mol. The highest BCUT2D eigenvalue weighted by Crippen LogP contribution is 2.14. The Balaban J connectivity index is 2.08. The summed E-state index contributed by atoms with van der Waals surface area (Å²) in [5, 5.41) is 15.5. The van der Waals surface area contributed by atoms with Crippen molar-refractivity contribution in [2.24, 2.45) is 7.05 Å². The first-order valence-corrected chi connectivity index (χ1v) is 5.90. The SMILES string of the molecule is Cn1cc(N)c(C(=O)Nc2ccc(CCO)cc2)n1. The van der Waals surface area contributed by atoms with Gasteiger partial charge in [-0.3, -0.25) is 9.48 Å². The Morgan fingerprint density at radius 1 is 1.42 bits per heavy atom. The summed E-state index contributed by atoms with van der Waals surface area (Å²) < 4.78 is 1.49. The predicted molar refractivity (Wildman–Crippen MR) is 72.8 cm³/mol. The Kier molecular flexibility index (Phi) is 3.82. The number of aryl methyl sites for hydroxylation is 1. The fourth-order valence-electron chi connectivity index (χ4n) is 1.76. The van der Waals surface area contributed by atoms with Gasteiger partial charge in [0.05, 0.1) is 5.69 Å². The second kappa shape index (κ2) is 5.53. The molecule has 0 aliphatic carbocycles. The van der Waals surface area contributed by atoms with Crippen LogP contribution >= 0.6 is 0 Å². The Morgan fingerprint density at radius 3 is 2.63 bits per heavy atom. The summed E-state index contributed by atoms with van der Waals surface area (Å²) in [4.78, 5) is 12.0. The standard InChI is InChI=1S/C13H16N4O2/c1-17-8-11(14)12(16-17)13(19)15-10-4-2-9(3-5-10)6-7-18/h2-5,8,18H,6-7,14H2,1H3,(H,15,19). The normalized spacial score (nSPS) is 10.4. The molecule has 0 radical (unpaired) electrons. The molecule has 0 unspecified atom stereocenters.